The molecule has 0 aliphatic carbocycles. The summed E-state index contributed by atoms with van der Waals surface area (Å²) in [5.74, 6) is -1.95. The molecular weight excluding hydrogens is 676 g/mol. The largest absolute Gasteiger partial charge is 0.467 e. The van der Waals surface area contributed by atoms with E-state index >= 15 is 0 Å². The lowest BCUT2D eigenvalue weighted by Crippen LogP contribution is -2.12. The second kappa shape index (κ2) is 15.0. The number of ether oxygens (including phenoxy) is 8. The van der Waals surface area contributed by atoms with E-state index < -0.39 is 11.9 Å². The zero-order valence-electron chi connectivity index (χ0n) is 27.4. The van der Waals surface area contributed by atoms with Gasteiger partial charge in [0.2, 0.25) is 0 Å². The molecule has 0 unspecified atom stereocenters. The molecule has 7 rings (SSSR count). The highest BCUT2D eigenvalue weighted by molar-refractivity contribution is 5.96. The summed E-state index contributed by atoms with van der Waals surface area (Å²) in [6.07, 6.45) is 0. The zero-order chi connectivity index (χ0) is 35.9. The number of carbonyl (C=O) groups is 2. The van der Waals surface area contributed by atoms with Crippen molar-refractivity contribution in [2.24, 2.45) is 0 Å². The maximum Gasteiger partial charge on any atom is 0.346 e. The SMILES string of the molecule is COc1nc2nc(n1)Oc1cccc(c1C(=O)OCc1ccccc1)Oc1nc(OC)nc(n1)Oc1cccc(c1C(=O)OCc1ccccc1)O2. The van der Waals surface area contributed by atoms with Gasteiger partial charge in [-0.05, 0) is 35.4 Å². The lowest BCUT2D eigenvalue weighted by Gasteiger charge is -2.17. The second-order valence-electron chi connectivity index (χ2n) is 10.6. The predicted molar refractivity (Wildman–Crippen MR) is 177 cm³/mol. The smallest absolute Gasteiger partial charge is 0.346 e. The van der Waals surface area contributed by atoms with E-state index in [-0.39, 0.29) is 83.4 Å². The highest BCUT2D eigenvalue weighted by atomic mass is 16.6. The number of carbonyl (C=O) groups excluding carboxylic acids is 2. The maximum atomic E-state index is 13.7. The molecule has 0 fully saturated rings. The molecular formula is C36H26N6O10. The summed E-state index contributed by atoms with van der Waals surface area (Å²) in [6, 6.07) is 25.4. The number of nitrogens with zero attached hydrogens (tertiary/aromatic N) is 6. The highest BCUT2D eigenvalue weighted by Crippen LogP contribution is 2.38. The van der Waals surface area contributed by atoms with E-state index in [9.17, 15) is 9.59 Å². The van der Waals surface area contributed by atoms with E-state index in [2.05, 4.69) is 29.9 Å². The van der Waals surface area contributed by atoms with Gasteiger partial charge in [0.15, 0.2) is 0 Å². The van der Waals surface area contributed by atoms with Crippen LogP contribution >= 0.6 is 0 Å². The van der Waals surface area contributed by atoms with Gasteiger partial charge in [0, 0.05) is 0 Å². The lowest BCUT2D eigenvalue weighted by molar-refractivity contribution is 0.0457. The average Bonchev–Trinajstić information content (AvgIpc) is 3.16. The fourth-order valence-corrected chi connectivity index (χ4v) is 4.75. The minimum atomic E-state index is -0.820. The van der Waals surface area contributed by atoms with Crippen molar-refractivity contribution in [2.45, 2.75) is 13.2 Å². The summed E-state index contributed by atoms with van der Waals surface area (Å²) in [7, 11) is 2.65. The summed E-state index contributed by atoms with van der Waals surface area (Å²) < 4.78 is 46.0. The Bertz CT molecular complexity index is 2000. The number of benzene rings is 4. The minimum absolute atomic E-state index is 0.0591. The fourth-order valence-electron chi connectivity index (χ4n) is 4.75. The summed E-state index contributed by atoms with van der Waals surface area (Å²) in [5, 5.41) is 0. The first-order valence-electron chi connectivity index (χ1n) is 15.5. The third-order valence-electron chi connectivity index (χ3n) is 7.13. The Morgan fingerprint density at radius 2 is 0.788 bits per heavy atom. The van der Waals surface area contributed by atoms with Crippen LogP contribution in [-0.2, 0) is 22.7 Å². The van der Waals surface area contributed by atoms with Crippen molar-refractivity contribution in [3.63, 3.8) is 0 Å². The molecule has 4 aromatic carbocycles. The van der Waals surface area contributed by atoms with E-state index in [1.165, 1.54) is 38.5 Å². The normalized spacial score (nSPS) is 11.4. The molecule has 0 spiro atoms. The summed E-state index contributed by atoms with van der Waals surface area (Å²) >= 11 is 0. The Kier molecular flexibility index (Phi) is 9.59. The topological polar surface area (TPSA) is 185 Å². The number of hydrogen-bond donors (Lipinski definition) is 0. The first-order valence-corrected chi connectivity index (χ1v) is 15.5. The van der Waals surface area contributed by atoms with E-state index in [0.717, 1.165) is 11.1 Å². The maximum absolute atomic E-state index is 13.7. The summed E-state index contributed by atoms with van der Waals surface area (Å²) in [4.78, 5) is 52.6. The van der Waals surface area contributed by atoms with Crippen LogP contribution in [0.1, 0.15) is 31.8 Å². The molecule has 260 valence electrons. The van der Waals surface area contributed by atoms with Gasteiger partial charge in [-0.1, -0.05) is 72.8 Å². The van der Waals surface area contributed by atoms with E-state index in [4.69, 9.17) is 37.9 Å². The molecule has 0 saturated heterocycles. The monoisotopic (exact) mass is 702 g/mol. The van der Waals surface area contributed by atoms with Crippen LogP contribution in [0.4, 0.5) is 0 Å². The molecule has 3 heterocycles. The van der Waals surface area contributed by atoms with Crippen LogP contribution in [0.15, 0.2) is 97.1 Å². The minimum Gasteiger partial charge on any atom is -0.467 e. The van der Waals surface area contributed by atoms with Crippen molar-refractivity contribution in [1.29, 1.82) is 0 Å². The molecule has 1 aliphatic heterocycles. The van der Waals surface area contributed by atoms with Crippen molar-refractivity contribution in [1.82, 2.24) is 29.9 Å². The van der Waals surface area contributed by atoms with Gasteiger partial charge in [-0.15, -0.1) is 29.9 Å². The Labute approximate surface area is 294 Å². The van der Waals surface area contributed by atoms with Gasteiger partial charge in [0.1, 0.15) is 47.3 Å². The average molecular weight is 703 g/mol. The van der Waals surface area contributed by atoms with Gasteiger partial charge in [-0.3, -0.25) is 0 Å². The van der Waals surface area contributed by atoms with Crippen LogP contribution in [0.5, 0.6) is 59.1 Å². The Hall–Kier alpha value is -7.36. The molecule has 2 aromatic heterocycles. The molecule has 0 saturated carbocycles. The molecule has 52 heavy (non-hydrogen) atoms. The van der Waals surface area contributed by atoms with Crippen LogP contribution in [0, 0.1) is 0 Å². The lowest BCUT2D eigenvalue weighted by atomic mass is 10.1. The van der Waals surface area contributed by atoms with Crippen LogP contribution in [-0.4, -0.2) is 56.1 Å². The van der Waals surface area contributed by atoms with Crippen LogP contribution in [0.3, 0.4) is 0 Å². The van der Waals surface area contributed by atoms with E-state index in [1.54, 1.807) is 36.4 Å². The van der Waals surface area contributed by atoms with Gasteiger partial charge in [-0.2, -0.15) is 0 Å². The van der Waals surface area contributed by atoms with Crippen LogP contribution < -0.4 is 28.4 Å². The Morgan fingerprint density at radius 3 is 1.10 bits per heavy atom. The number of aromatic nitrogens is 6. The third kappa shape index (κ3) is 7.60. The molecule has 0 N–H and O–H groups in total. The quantitative estimate of drug-likeness (QED) is 0.161. The van der Waals surface area contributed by atoms with Gasteiger partial charge < -0.3 is 37.9 Å². The Morgan fingerprint density at radius 1 is 0.462 bits per heavy atom. The molecule has 0 radical (unpaired) electrons. The van der Waals surface area contributed by atoms with Crippen molar-refractivity contribution in [3.05, 3.63) is 119 Å². The Balaban J connectivity index is 1.34. The molecule has 8 bridgehead atoms. The van der Waals surface area contributed by atoms with E-state index in [0.29, 0.717) is 0 Å². The van der Waals surface area contributed by atoms with Crippen LogP contribution in [0.2, 0.25) is 0 Å². The van der Waals surface area contributed by atoms with Crippen molar-refractivity contribution in [3.8, 4) is 59.1 Å². The van der Waals surface area contributed by atoms with Crippen LogP contribution in [0.25, 0.3) is 0 Å². The standard InChI is InChI=1S/C36H26N6O10/c1-45-31-37-33-41-34(38-31)50-24-16-10-18-26(28(24)30(44)48-20-22-13-7-4-8-14-22)52-36-40-32(46-2)39-35(42-36)51-25-17-9-15-23(49-33)27(25)29(43)47-19-21-11-5-3-6-12-21/h3-18H,19-20H2,1-2H3. The molecule has 0 amide bonds. The summed E-state index contributed by atoms with van der Waals surface area (Å²) in [5.41, 5.74) is 1.15. The van der Waals surface area contributed by atoms with Gasteiger partial charge >= 0.3 is 48.0 Å². The van der Waals surface area contributed by atoms with Gasteiger partial charge in [0.25, 0.3) is 0 Å². The van der Waals surface area contributed by atoms with Crippen molar-refractivity contribution >= 4 is 11.9 Å². The third-order valence-corrected chi connectivity index (χ3v) is 7.13. The zero-order valence-corrected chi connectivity index (χ0v) is 27.4. The predicted octanol–water partition coefficient (Wildman–Crippen LogP) is 6.27. The first kappa shape index (κ1) is 33.2. The molecule has 6 aromatic rings. The highest BCUT2D eigenvalue weighted by Gasteiger charge is 2.27. The second-order valence-corrected chi connectivity index (χ2v) is 10.6. The first-order chi connectivity index (χ1) is 25.4. The molecule has 1 aliphatic rings. The molecule has 0 atom stereocenters. The molecule has 16 heteroatoms. The van der Waals surface area contributed by atoms with Gasteiger partial charge in [0.05, 0.1) is 14.2 Å². The number of esters is 2. The number of rotatable bonds is 8. The molecule has 16 nitrogen and oxygen atoms in total. The summed E-state index contributed by atoms with van der Waals surface area (Å²) in [6.45, 7) is -0.118. The number of fused-ring (bicyclic) bond motifs is 8. The van der Waals surface area contributed by atoms with Gasteiger partial charge in [-0.25, -0.2) is 9.59 Å². The van der Waals surface area contributed by atoms with E-state index in [1.807, 2.05) is 36.4 Å². The number of hydrogen-bond acceptors (Lipinski definition) is 16. The fraction of sp³-hybridized carbons (Fsp3) is 0.111. The number of methoxy groups -OCH3 is 2. The van der Waals surface area contributed by atoms with Crippen molar-refractivity contribution < 1.29 is 47.5 Å². The van der Waals surface area contributed by atoms with Crippen molar-refractivity contribution in [2.75, 3.05) is 14.2 Å².